The lowest BCUT2D eigenvalue weighted by Crippen LogP contribution is -2.00. The monoisotopic (exact) mass is 362 g/mol. The highest BCUT2D eigenvalue weighted by Gasteiger charge is 2.16. The van der Waals surface area contributed by atoms with Gasteiger partial charge in [-0.15, -0.1) is 11.3 Å². The molecule has 1 aromatic carbocycles. The summed E-state index contributed by atoms with van der Waals surface area (Å²) in [5.41, 5.74) is 0.342. The van der Waals surface area contributed by atoms with Crippen molar-refractivity contribution < 1.29 is 9.18 Å². The molecule has 1 heterocycles. The van der Waals surface area contributed by atoms with E-state index < -0.39 is 5.82 Å². The maximum Gasteiger partial charge on any atom is 0.204 e. The molecule has 0 aliphatic heterocycles. The Labute approximate surface area is 113 Å². The van der Waals surface area contributed by atoms with E-state index >= 15 is 0 Å². The summed E-state index contributed by atoms with van der Waals surface area (Å²) in [6.45, 7) is 0. The molecule has 0 unspecified atom stereocenters. The van der Waals surface area contributed by atoms with Gasteiger partial charge < -0.3 is 0 Å². The Balaban J connectivity index is 2.45. The third-order valence-corrected chi connectivity index (χ3v) is 4.42. The van der Waals surface area contributed by atoms with Gasteiger partial charge >= 0.3 is 0 Å². The van der Waals surface area contributed by atoms with Crippen molar-refractivity contribution in [3.8, 4) is 0 Å². The first-order valence-electron chi connectivity index (χ1n) is 4.33. The van der Waals surface area contributed by atoms with Gasteiger partial charge in [-0.1, -0.05) is 6.07 Å². The van der Waals surface area contributed by atoms with Crippen molar-refractivity contribution >= 4 is 49.0 Å². The molecule has 0 saturated carbocycles. The molecule has 2 rings (SSSR count). The Morgan fingerprint density at radius 1 is 1.19 bits per heavy atom. The summed E-state index contributed by atoms with van der Waals surface area (Å²) < 4.78 is 14.3. The lowest BCUT2D eigenvalue weighted by molar-refractivity contribution is 0.104. The van der Waals surface area contributed by atoms with E-state index in [-0.39, 0.29) is 10.3 Å². The number of benzene rings is 1. The van der Waals surface area contributed by atoms with Crippen LogP contribution in [-0.2, 0) is 0 Å². The zero-order valence-corrected chi connectivity index (χ0v) is 11.8. The Kier molecular flexibility index (Phi) is 3.56. The summed E-state index contributed by atoms with van der Waals surface area (Å²) in [4.78, 5) is 12.6. The molecule has 1 aromatic heterocycles. The second kappa shape index (κ2) is 4.77. The molecule has 82 valence electrons. The second-order valence-corrected chi connectivity index (χ2v) is 6.29. The smallest absolute Gasteiger partial charge is 0.204 e. The quantitative estimate of drug-likeness (QED) is 0.710. The fourth-order valence-electron chi connectivity index (χ4n) is 1.25. The summed E-state index contributed by atoms with van der Waals surface area (Å²) in [5.74, 6) is -0.608. The standard InChI is InChI=1S/C11H5Br2FOS/c12-9-5-4-8(16-9)11(15)6-2-1-3-7(14)10(6)13/h1-5H. The van der Waals surface area contributed by atoms with Crippen molar-refractivity contribution in [3.63, 3.8) is 0 Å². The van der Waals surface area contributed by atoms with Crippen LogP contribution < -0.4 is 0 Å². The van der Waals surface area contributed by atoms with Gasteiger partial charge in [-0.05, 0) is 56.1 Å². The SMILES string of the molecule is O=C(c1ccc(Br)s1)c1cccc(F)c1Br. The molecular weight excluding hydrogens is 359 g/mol. The van der Waals surface area contributed by atoms with Crippen LogP contribution in [0.15, 0.2) is 38.6 Å². The molecule has 0 bridgehead atoms. The number of thiophene rings is 1. The molecule has 0 aliphatic carbocycles. The summed E-state index contributed by atoms with van der Waals surface area (Å²) in [6.07, 6.45) is 0. The Bertz CT molecular complexity index is 551. The van der Waals surface area contributed by atoms with E-state index in [1.807, 2.05) is 0 Å². The van der Waals surface area contributed by atoms with Gasteiger partial charge in [0.2, 0.25) is 5.78 Å². The van der Waals surface area contributed by atoms with Gasteiger partial charge in [-0.3, -0.25) is 4.79 Å². The maximum absolute atomic E-state index is 13.3. The van der Waals surface area contributed by atoms with Crippen LogP contribution in [0.25, 0.3) is 0 Å². The normalized spacial score (nSPS) is 10.4. The van der Waals surface area contributed by atoms with Gasteiger partial charge in [0, 0.05) is 5.56 Å². The summed E-state index contributed by atoms with van der Waals surface area (Å²) in [6, 6.07) is 7.95. The Morgan fingerprint density at radius 3 is 2.56 bits per heavy atom. The van der Waals surface area contributed by atoms with Crippen molar-refractivity contribution in [1.82, 2.24) is 0 Å². The van der Waals surface area contributed by atoms with E-state index in [9.17, 15) is 9.18 Å². The van der Waals surface area contributed by atoms with E-state index in [4.69, 9.17) is 0 Å². The molecule has 0 saturated heterocycles. The number of carbonyl (C=O) groups excluding carboxylic acids is 1. The number of hydrogen-bond donors (Lipinski definition) is 0. The van der Waals surface area contributed by atoms with Crippen molar-refractivity contribution in [2.24, 2.45) is 0 Å². The number of rotatable bonds is 2. The number of carbonyl (C=O) groups is 1. The van der Waals surface area contributed by atoms with E-state index in [1.165, 1.54) is 23.5 Å². The first kappa shape index (κ1) is 12.0. The third-order valence-electron chi connectivity index (χ3n) is 1.99. The highest BCUT2D eigenvalue weighted by molar-refractivity contribution is 9.11. The number of halogens is 3. The minimum atomic E-state index is -0.429. The van der Waals surface area contributed by atoms with Crippen molar-refractivity contribution in [2.75, 3.05) is 0 Å². The van der Waals surface area contributed by atoms with Gasteiger partial charge in [0.1, 0.15) is 5.82 Å². The molecule has 0 N–H and O–H groups in total. The Hall–Kier alpha value is -0.520. The first-order chi connectivity index (χ1) is 7.59. The molecule has 0 radical (unpaired) electrons. The fourth-order valence-corrected chi connectivity index (χ4v) is 3.03. The summed E-state index contributed by atoms with van der Waals surface area (Å²) >= 11 is 7.70. The summed E-state index contributed by atoms with van der Waals surface area (Å²) in [7, 11) is 0. The third kappa shape index (κ3) is 2.26. The second-order valence-electron chi connectivity index (χ2n) is 3.03. The molecule has 0 spiro atoms. The van der Waals surface area contributed by atoms with Gasteiger partial charge in [0.05, 0.1) is 13.1 Å². The first-order valence-corrected chi connectivity index (χ1v) is 6.74. The van der Waals surface area contributed by atoms with Crippen LogP contribution in [0.3, 0.4) is 0 Å². The molecule has 16 heavy (non-hydrogen) atoms. The highest BCUT2D eigenvalue weighted by atomic mass is 79.9. The van der Waals surface area contributed by atoms with Crippen LogP contribution in [-0.4, -0.2) is 5.78 Å². The van der Waals surface area contributed by atoms with Crippen molar-refractivity contribution in [1.29, 1.82) is 0 Å². The van der Waals surface area contributed by atoms with Crippen molar-refractivity contribution in [2.45, 2.75) is 0 Å². The average Bonchev–Trinajstić information content (AvgIpc) is 2.68. The predicted molar refractivity (Wildman–Crippen MR) is 69.6 cm³/mol. The number of ketones is 1. The zero-order chi connectivity index (χ0) is 11.7. The van der Waals surface area contributed by atoms with Crippen LogP contribution in [0.2, 0.25) is 0 Å². The highest BCUT2D eigenvalue weighted by Crippen LogP contribution is 2.28. The van der Waals surface area contributed by atoms with Crippen molar-refractivity contribution in [3.05, 3.63) is 54.8 Å². The van der Waals surface area contributed by atoms with Crippen LogP contribution in [0.5, 0.6) is 0 Å². The molecular formula is C11H5Br2FOS. The lowest BCUT2D eigenvalue weighted by Gasteiger charge is -2.02. The van der Waals surface area contributed by atoms with Gasteiger partial charge in [0.25, 0.3) is 0 Å². The molecule has 0 amide bonds. The Morgan fingerprint density at radius 2 is 1.94 bits per heavy atom. The summed E-state index contributed by atoms with van der Waals surface area (Å²) in [5, 5.41) is 0. The minimum Gasteiger partial charge on any atom is -0.288 e. The van der Waals surface area contributed by atoms with E-state index in [0.717, 1.165) is 3.79 Å². The van der Waals surface area contributed by atoms with Crippen LogP contribution >= 0.6 is 43.2 Å². The molecule has 0 fully saturated rings. The molecule has 0 atom stereocenters. The van der Waals surface area contributed by atoms with Crippen LogP contribution in [0.1, 0.15) is 15.2 Å². The topological polar surface area (TPSA) is 17.1 Å². The largest absolute Gasteiger partial charge is 0.288 e. The average molecular weight is 364 g/mol. The molecule has 0 aliphatic rings. The maximum atomic E-state index is 13.3. The van der Waals surface area contributed by atoms with Gasteiger partial charge in [-0.25, -0.2) is 4.39 Å². The number of hydrogen-bond acceptors (Lipinski definition) is 2. The van der Waals surface area contributed by atoms with E-state index in [2.05, 4.69) is 31.9 Å². The van der Waals surface area contributed by atoms with Crippen LogP contribution in [0, 0.1) is 5.82 Å². The van der Waals surface area contributed by atoms with Gasteiger partial charge in [-0.2, -0.15) is 0 Å². The van der Waals surface area contributed by atoms with Gasteiger partial charge in [0.15, 0.2) is 0 Å². The molecule has 2 aromatic rings. The van der Waals surface area contributed by atoms with E-state index in [0.29, 0.717) is 10.4 Å². The fraction of sp³-hybridized carbons (Fsp3) is 0. The zero-order valence-electron chi connectivity index (χ0n) is 7.84. The van der Waals surface area contributed by atoms with Crippen LogP contribution in [0.4, 0.5) is 4.39 Å². The molecule has 1 nitrogen and oxygen atoms in total. The lowest BCUT2D eigenvalue weighted by atomic mass is 10.1. The minimum absolute atomic E-state index is 0.179. The predicted octanol–water partition coefficient (Wildman–Crippen LogP) is 4.64. The molecule has 5 heteroatoms. The van der Waals surface area contributed by atoms with E-state index in [1.54, 1.807) is 18.2 Å².